The molecule has 4 heteroatoms. The Morgan fingerprint density at radius 1 is 1.60 bits per heavy atom. The van der Waals surface area contributed by atoms with Crippen molar-refractivity contribution in [1.82, 2.24) is 0 Å². The largest absolute Gasteiger partial charge is 0.396 e. The minimum absolute atomic E-state index is 0.0753. The highest BCUT2D eigenvalue weighted by Gasteiger charge is 2.18. The minimum Gasteiger partial charge on any atom is -0.396 e. The maximum Gasteiger partial charge on any atom is 0.168 e. The molecule has 0 aliphatic rings. The Balaban J connectivity index is 2.96. The molecule has 0 radical (unpaired) electrons. The molecule has 1 unspecified atom stereocenters. The molecule has 15 heavy (non-hydrogen) atoms. The Kier molecular flexibility index (Phi) is 4.24. The number of carbonyl (C=O) groups is 1. The van der Waals surface area contributed by atoms with Crippen molar-refractivity contribution >= 4 is 17.4 Å². The fourth-order valence-electron chi connectivity index (χ4n) is 1.28. The third-order valence-corrected chi connectivity index (χ3v) is 2.58. The van der Waals surface area contributed by atoms with E-state index in [1.807, 2.05) is 6.92 Å². The van der Waals surface area contributed by atoms with Crippen LogP contribution in [0.4, 0.5) is 4.39 Å². The zero-order valence-electron chi connectivity index (χ0n) is 8.34. The summed E-state index contributed by atoms with van der Waals surface area (Å²) in [5, 5.41) is 8.88. The molecule has 1 atom stereocenters. The molecule has 0 bridgehead atoms. The standard InChI is InChI=1S/C11H12ClFO2/c1-2-7(6-14)11(15)8-3-4-10(13)9(12)5-8/h3-5,7,14H,2,6H2,1H3. The van der Waals surface area contributed by atoms with E-state index in [-0.39, 0.29) is 17.4 Å². The molecule has 82 valence electrons. The van der Waals surface area contributed by atoms with Gasteiger partial charge in [0.25, 0.3) is 0 Å². The lowest BCUT2D eigenvalue weighted by Crippen LogP contribution is -2.17. The highest BCUT2D eigenvalue weighted by molar-refractivity contribution is 6.31. The number of Topliss-reactive ketones (excluding diaryl/α,β-unsaturated/α-hetero) is 1. The average molecular weight is 231 g/mol. The maximum absolute atomic E-state index is 12.8. The van der Waals surface area contributed by atoms with Gasteiger partial charge in [-0.2, -0.15) is 0 Å². The number of rotatable bonds is 4. The highest BCUT2D eigenvalue weighted by Crippen LogP contribution is 2.19. The van der Waals surface area contributed by atoms with Crippen LogP contribution in [0.15, 0.2) is 18.2 Å². The number of aliphatic hydroxyl groups is 1. The van der Waals surface area contributed by atoms with Crippen LogP contribution in [-0.2, 0) is 0 Å². The fraction of sp³-hybridized carbons (Fsp3) is 0.364. The summed E-state index contributed by atoms with van der Waals surface area (Å²) in [5.74, 6) is -1.20. The van der Waals surface area contributed by atoms with Gasteiger partial charge in [-0.15, -0.1) is 0 Å². The van der Waals surface area contributed by atoms with Crippen molar-refractivity contribution in [2.24, 2.45) is 5.92 Å². The van der Waals surface area contributed by atoms with Crippen molar-refractivity contribution < 1.29 is 14.3 Å². The summed E-state index contributed by atoms with van der Waals surface area (Å²) in [6.07, 6.45) is 0.546. The van der Waals surface area contributed by atoms with Gasteiger partial charge < -0.3 is 5.11 Å². The SMILES string of the molecule is CCC(CO)C(=O)c1ccc(F)c(Cl)c1. The van der Waals surface area contributed by atoms with Gasteiger partial charge in [-0.25, -0.2) is 4.39 Å². The lowest BCUT2D eigenvalue weighted by molar-refractivity contribution is 0.0856. The molecule has 0 saturated heterocycles. The van der Waals surface area contributed by atoms with Gasteiger partial charge in [0.1, 0.15) is 5.82 Å². The first-order valence-electron chi connectivity index (χ1n) is 4.70. The van der Waals surface area contributed by atoms with E-state index in [0.29, 0.717) is 12.0 Å². The topological polar surface area (TPSA) is 37.3 Å². The van der Waals surface area contributed by atoms with Gasteiger partial charge in [0.05, 0.1) is 11.6 Å². The summed E-state index contributed by atoms with van der Waals surface area (Å²) in [4.78, 5) is 11.7. The molecule has 1 aromatic rings. The molecule has 0 amide bonds. The number of hydrogen-bond acceptors (Lipinski definition) is 2. The maximum atomic E-state index is 12.8. The number of benzene rings is 1. The van der Waals surface area contributed by atoms with Crippen molar-refractivity contribution in [2.75, 3.05) is 6.61 Å². The first-order chi connectivity index (χ1) is 7.10. The molecule has 1 aromatic carbocycles. The summed E-state index contributed by atoms with van der Waals surface area (Å²) in [7, 11) is 0. The number of ketones is 1. The third-order valence-electron chi connectivity index (χ3n) is 2.29. The van der Waals surface area contributed by atoms with Crippen molar-refractivity contribution in [2.45, 2.75) is 13.3 Å². The van der Waals surface area contributed by atoms with Gasteiger partial charge in [-0.05, 0) is 24.6 Å². The van der Waals surface area contributed by atoms with E-state index in [1.54, 1.807) is 0 Å². The highest BCUT2D eigenvalue weighted by atomic mass is 35.5. The quantitative estimate of drug-likeness (QED) is 0.808. The van der Waals surface area contributed by atoms with Gasteiger partial charge in [0.2, 0.25) is 0 Å². The number of halogens is 2. The van der Waals surface area contributed by atoms with Gasteiger partial charge in [0, 0.05) is 11.5 Å². The molecule has 0 aliphatic carbocycles. The van der Waals surface area contributed by atoms with Gasteiger partial charge in [-0.1, -0.05) is 18.5 Å². The molecular weight excluding hydrogens is 219 g/mol. The lowest BCUT2D eigenvalue weighted by Gasteiger charge is -2.10. The van der Waals surface area contributed by atoms with Crippen LogP contribution in [0.5, 0.6) is 0 Å². The van der Waals surface area contributed by atoms with Crippen LogP contribution in [0.1, 0.15) is 23.7 Å². The molecule has 2 nitrogen and oxygen atoms in total. The molecule has 1 rings (SSSR count). The van der Waals surface area contributed by atoms with Crippen LogP contribution in [0.25, 0.3) is 0 Å². The summed E-state index contributed by atoms with van der Waals surface area (Å²) in [6, 6.07) is 3.82. The normalized spacial score (nSPS) is 12.5. The van der Waals surface area contributed by atoms with Gasteiger partial charge in [0.15, 0.2) is 5.78 Å². The van der Waals surface area contributed by atoms with Crippen molar-refractivity contribution in [3.8, 4) is 0 Å². The lowest BCUT2D eigenvalue weighted by atomic mass is 9.96. The molecule has 1 N–H and O–H groups in total. The molecule has 0 aromatic heterocycles. The van der Waals surface area contributed by atoms with E-state index < -0.39 is 11.7 Å². The van der Waals surface area contributed by atoms with Gasteiger partial charge in [-0.3, -0.25) is 4.79 Å². The minimum atomic E-state index is -0.551. The van der Waals surface area contributed by atoms with Crippen LogP contribution >= 0.6 is 11.6 Å². The second-order valence-electron chi connectivity index (χ2n) is 3.28. The van der Waals surface area contributed by atoms with E-state index in [9.17, 15) is 9.18 Å². The van der Waals surface area contributed by atoms with E-state index >= 15 is 0 Å². The summed E-state index contributed by atoms with van der Waals surface area (Å²) in [5.41, 5.74) is 0.335. The van der Waals surface area contributed by atoms with E-state index in [0.717, 1.165) is 6.07 Å². The summed E-state index contributed by atoms with van der Waals surface area (Å²) in [6.45, 7) is 1.61. The number of carbonyl (C=O) groups excluding carboxylic acids is 1. The van der Waals surface area contributed by atoms with Crippen molar-refractivity contribution in [3.05, 3.63) is 34.6 Å². The first kappa shape index (κ1) is 12.1. The summed E-state index contributed by atoms with van der Waals surface area (Å²) >= 11 is 5.56. The Morgan fingerprint density at radius 2 is 2.27 bits per heavy atom. The average Bonchev–Trinajstić information content (AvgIpc) is 2.23. The van der Waals surface area contributed by atoms with Crippen molar-refractivity contribution in [3.63, 3.8) is 0 Å². The van der Waals surface area contributed by atoms with E-state index in [1.165, 1.54) is 12.1 Å². The monoisotopic (exact) mass is 230 g/mol. The smallest absolute Gasteiger partial charge is 0.168 e. The third kappa shape index (κ3) is 2.76. The first-order valence-corrected chi connectivity index (χ1v) is 5.08. The number of hydrogen-bond donors (Lipinski definition) is 1. The zero-order valence-corrected chi connectivity index (χ0v) is 9.09. The molecule has 0 heterocycles. The second-order valence-corrected chi connectivity index (χ2v) is 3.69. The molecular formula is C11H12ClFO2. The van der Waals surface area contributed by atoms with Crippen LogP contribution in [0.3, 0.4) is 0 Å². The Labute approximate surface area is 92.7 Å². The van der Waals surface area contributed by atoms with Gasteiger partial charge >= 0.3 is 0 Å². The van der Waals surface area contributed by atoms with Crippen LogP contribution in [0, 0.1) is 11.7 Å². The predicted molar refractivity (Wildman–Crippen MR) is 56.6 cm³/mol. The Bertz CT molecular complexity index is 362. The molecule has 0 fully saturated rings. The summed E-state index contributed by atoms with van der Waals surface area (Å²) < 4.78 is 12.8. The fourth-order valence-corrected chi connectivity index (χ4v) is 1.46. The van der Waals surface area contributed by atoms with Crippen LogP contribution in [0.2, 0.25) is 5.02 Å². The second kappa shape index (κ2) is 5.24. The van der Waals surface area contributed by atoms with Crippen molar-refractivity contribution in [1.29, 1.82) is 0 Å². The number of aliphatic hydroxyl groups excluding tert-OH is 1. The zero-order chi connectivity index (χ0) is 11.4. The Hall–Kier alpha value is -0.930. The molecule has 0 saturated carbocycles. The Morgan fingerprint density at radius 3 is 2.73 bits per heavy atom. The van der Waals surface area contributed by atoms with E-state index in [2.05, 4.69) is 0 Å². The molecule has 0 spiro atoms. The molecule has 0 aliphatic heterocycles. The predicted octanol–water partition coefficient (Wildman–Crippen LogP) is 2.68. The van der Waals surface area contributed by atoms with Crippen LogP contribution < -0.4 is 0 Å². The van der Waals surface area contributed by atoms with Crippen LogP contribution in [-0.4, -0.2) is 17.5 Å². The van der Waals surface area contributed by atoms with E-state index in [4.69, 9.17) is 16.7 Å².